The van der Waals surface area contributed by atoms with Gasteiger partial charge in [-0.3, -0.25) is 4.79 Å². The van der Waals surface area contributed by atoms with Crippen molar-refractivity contribution >= 4 is 5.91 Å². The first-order chi connectivity index (χ1) is 20.8. The second-order valence-corrected chi connectivity index (χ2v) is 14.1. The highest BCUT2D eigenvalue weighted by molar-refractivity contribution is 5.75. The molecule has 0 aromatic heterocycles. The molecule has 2 N–H and O–H groups in total. The summed E-state index contributed by atoms with van der Waals surface area (Å²) >= 11 is 0. The number of aromatic hydroxyl groups is 1. The summed E-state index contributed by atoms with van der Waals surface area (Å²) in [6.07, 6.45) is 14.6. The maximum Gasteiger partial charge on any atom is 0.222 e. The van der Waals surface area contributed by atoms with E-state index in [9.17, 15) is 15.0 Å². The van der Waals surface area contributed by atoms with Crippen molar-refractivity contribution in [3.8, 4) is 11.5 Å². The highest BCUT2D eigenvalue weighted by Crippen LogP contribution is 2.65. The summed E-state index contributed by atoms with van der Waals surface area (Å²) in [6, 6.07) is 14.8. The largest absolute Gasteiger partial charge is 0.508 e. The Morgan fingerprint density at radius 1 is 0.977 bits per heavy atom. The Bertz CT molecular complexity index is 1190. The van der Waals surface area contributed by atoms with Crippen LogP contribution in [0.15, 0.2) is 42.5 Å². The van der Waals surface area contributed by atoms with Crippen LogP contribution in [0.4, 0.5) is 0 Å². The molecule has 0 radical (unpaired) electrons. The van der Waals surface area contributed by atoms with Crippen LogP contribution in [0.1, 0.15) is 126 Å². The first kappa shape index (κ1) is 31.9. The number of aliphatic hydroxyl groups is 1. The number of benzene rings is 2. The molecule has 0 heterocycles. The molecule has 5 rings (SSSR count). The van der Waals surface area contributed by atoms with Crippen LogP contribution in [-0.2, 0) is 11.2 Å². The number of amides is 1. The number of aliphatic hydroxyl groups excluding tert-OH is 1. The van der Waals surface area contributed by atoms with Crippen molar-refractivity contribution in [3.05, 3.63) is 59.2 Å². The third kappa shape index (κ3) is 7.24. The molecule has 236 valence electrons. The van der Waals surface area contributed by atoms with Gasteiger partial charge < -0.3 is 19.8 Å². The lowest BCUT2D eigenvalue weighted by Crippen LogP contribution is -2.47. The molecule has 6 atom stereocenters. The molecule has 3 aliphatic rings. The standard InChI is InChI=1S/C38H55NO4/c1-4-5-23-39(3)36(42)12-10-8-6-7-9-11-24-43-30-17-13-27(14-18-30)33-26-38(2)34(21-22-35(38)41)32-19-15-28-25-29(40)16-20-31(28)37(32)33/h13-14,16-18,20,25,32-35,37,40-41H,4-12,15,19,21-24,26H2,1-3H3/t32-,33+,34-,35-,37+,38-/m0/s1. The Morgan fingerprint density at radius 2 is 1.72 bits per heavy atom. The van der Waals surface area contributed by atoms with E-state index in [-0.39, 0.29) is 17.4 Å². The number of hydrogen-bond acceptors (Lipinski definition) is 4. The predicted octanol–water partition coefficient (Wildman–Crippen LogP) is 8.37. The molecule has 0 bridgehead atoms. The first-order valence-electron chi connectivity index (χ1n) is 17.3. The second-order valence-electron chi connectivity index (χ2n) is 14.1. The molecule has 3 aliphatic carbocycles. The Hall–Kier alpha value is -2.53. The molecule has 2 aromatic rings. The van der Waals surface area contributed by atoms with Crippen molar-refractivity contribution in [3.63, 3.8) is 0 Å². The van der Waals surface area contributed by atoms with Crippen LogP contribution in [0, 0.1) is 17.3 Å². The smallest absolute Gasteiger partial charge is 0.222 e. The van der Waals surface area contributed by atoms with E-state index >= 15 is 0 Å². The Kier molecular flexibility index (Phi) is 10.8. The predicted molar refractivity (Wildman–Crippen MR) is 174 cm³/mol. The quantitative estimate of drug-likeness (QED) is 0.217. The van der Waals surface area contributed by atoms with Crippen molar-refractivity contribution < 1.29 is 19.7 Å². The average molecular weight is 590 g/mol. The van der Waals surface area contributed by atoms with E-state index in [0.29, 0.717) is 35.8 Å². The zero-order valence-electron chi connectivity index (χ0n) is 26.9. The van der Waals surface area contributed by atoms with Gasteiger partial charge in [0, 0.05) is 20.0 Å². The van der Waals surface area contributed by atoms with E-state index in [4.69, 9.17) is 4.74 Å². The van der Waals surface area contributed by atoms with Gasteiger partial charge in [-0.2, -0.15) is 0 Å². The van der Waals surface area contributed by atoms with Crippen molar-refractivity contribution in [1.82, 2.24) is 4.90 Å². The number of aryl methyl sites for hydroxylation is 1. The molecule has 5 nitrogen and oxygen atoms in total. The third-order valence-electron chi connectivity index (χ3n) is 11.3. The van der Waals surface area contributed by atoms with Gasteiger partial charge in [-0.25, -0.2) is 0 Å². The highest BCUT2D eigenvalue weighted by Gasteiger charge is 2.57. The van der Waals surface area contributed by atoms with Gasteiger partial charge in [0.25, 0.3) is 0 Å². The fourth-order valence-corrected chi connectivity index (χ4v) is 8.79. The Labute approximate surface area is 260 Å². The van der Waals surface area contributed by atoms with Crippen molar-refractivity contribution in [2.24, 2.45) is 17.3 Å². The van der Waals surface area contributed by atoms with Gasteiger partial charge in [-0.05, 0) is 121 Å². The fourth-order valence-electron chi connectivity index (χ4n) is 8.79. The normalized spacial score (nSPS) is 27.7. The molecule has 0 unspecified atom stereocenters. The van der Waals surface area contributed by atoms with Crippen LogP contribution in [0.2, 0.25) is 0 Å². The fraction of sp³-hybridized carbons (Fsp3) is 0.658. The van der Waals surface area contributed by atoms with E-state index in [2.05, 4.69) is 44.2 Å². The average Bonchev–Trinajstić information content (AvgIpc) is 3.32. The maximum atomic E-state index is 12.2. The summed E-state index contributed by atoms with van der Waals surface area (Å²) in [5.41, 5.74) is 4.03. The molecule has 0 spiro atoms. The monoisotopic (exact) mass is 589 g/mol. The van der Waals surface area contributed by atoms with Gasteiger partial charge >= 0.3 is 0 Å². The topological polar surface area (TPSA) is 70.0 Å². The summed E-state index contributed by atoms with van der Waals surface area (Å²) in [4.78, 5) is 14.0. The minimum Gasteiger partial charge on any atom is -0.508 e. The molecule has 1 amide bonds. The number of phenolic OH excluding ortho intramolecular Hbond substituents is 1. The minimum atomic E-state index is -0.218. The van der Waals surface area contributed by atoms with E-state index in [1.54, 1.807) is 0 Å². The summed E-state index contributed by atoms with van der Waals surface area (Å²) in [5, 5.41) is 21.3. The number of rotatable bonds is 14. The van der Waals surface area contributed by atoms with Crippen LogP contribution in [-0.4, -0.2) is 47.3 Å². The lowest BCUT2D eigenvalue weighted by molar-refractivity contribution is -0.130. The molecule has 5 heteroatoms. The van der Waals surface area contributed by atoms with E-state index in [1.807, 2.05) is 24.1 Å². The summed E-state index contributed by atoms with van der Waals surface area (Å²) in [7, 11) is 1.93. The minimum absolute atomic E-state index is 0.0318. The molecule has 43 heavy (non-hydrogen) atoms. The highest BCUT2D eigenvalue weighted by atomic mass is 16.5. The second kappa shape index (κ2) is 14.5. The molecule has 2 saturated carbocycles. The van der Waals surface area contributed by atoms with Crippen LogP contribution >= 0.6 is 0 Å². The van der Waals surface area contributed by atoms with E-state index in [0.717, 1.165) is 89.5 Å². The van der Waals surface area contributed by atoms with Gasteiger partial charge in [0.2, 0.25) is 5.91 Å². The van der Waals surface area contributed by atoms with Crippen molar-refractivity contribution in [2.75, 3.05) is 20.2 Å². The number of fused-ring (bicyclic) bond motifs is 5. The van der Waals surface area contributed by atoms with Gasteiger partial charge in [0.05, 0.1) is 12.7 Å². The van der Waals surface area contributed by atoms with Crippen molar-refractivity contribution in [1.29, 1.82) is 0 Å². The summed E-state index contributed by atoms with van der Waals surface area (Å²) in [6.45, 7) is 6.11. The Balaban J connectivity index is 1.10. The van der Waals surface area contributed by atoms with Crippen molar-refractivity contribution in [2.45, 2.75) is 122 Å². The zero-order chi connectivity index (χ0) is 30.4. The SMILES string of the molecule is CCCCN(C)C(=O)CCCCCCCCOc1ccc([C@H]2C[C@]3(C)[C@@H](O)CC[C@H]3[C@@H]3CCc4cc(O)ccc4[C@H]32)cc1. The van der Waals surface area contributed by atoms with E-state index in [1.165, 1.54) is 29.5 Å². The lowest BCUT2D eigenvalue weighted by Gasteiger charge is -2.54. The molecule has 2 aromatic carbocycles. The number of ether oxygens (including phenoxy) is 1. The van der Waals surface area contributed by atoms with Gasteiger partial charge in [0.15, 0.2) is 0 Å². The number of carbonyl (C=O) groups is 1. The molecular weight excluding hydrogens is 534 g/mol. The third-order valence-corrected chi connectivity index (χ3v) is 11.3. The number of unbranched alkanes of at least 4 members (excludes halogenated alkanes) is 6. The molecule has 0 saturated heterocycles. The summed E-state index contributed by atoms with van der Waals surface area (Å²) < 4.78 is 6.13. The van der Waals surface area contributed by atoms with Gasteiger partial charge in [-0.15, -0.1) is 0 Å². The Morgan fingerprint density at radius 3 is 2.49 bits per heavy atom. The van der Waals surface area contributed by atoms with Crippen LogP contribution in [0.25, 0.3) is 0 Å². The van der Waals surface area contributed by atoms with Gasteiger partial charge in [0.1, 0.15) is 11.5 Å². The molecule has 0 aliphatic heterocycles. The number of carbonyl (C=O) groups excluding carboxylic acids is 1. The van der Waals surface area contributed by atoms with Gasteiger partial charge in [-0.1, -0.05) is 64.2 Å². The first-order valence-corrected chi connectivity index (χ1v) is 17.3. The molecule has 2 fully saturated rings. The lowest BCUT2D eigenvalue weighted by atomic mass is 9.51. The zero-order valence-corrected chi connectivity index (χ0v) is 26.9. The van der Waals surface area contributed by atoms with Crippen LogP contribution in [0.3, 0.4) is 0 Å². The summed E-state index contributed by atoms with van der Waals surface area (Å²) in [5.74, 6) is 3.50. The van der Waals surface area contributed by atoms with Crippen LogP contribution < -0.4 is 4.74 Å². The molecular formula is C38H55NO4. The number of nitrogens with zero attached hydrogens (tertiary/aromatic N) is 1. The number of phenols is 1. The maximum absolute atomic E-state index is 12.2. The number of hydrogen-bond donors (Lipinski definition) is 2. The van der Waals surface area contributed by atoms with E-state index < -0.39 is 0 Å². The van der Waals surface area contributed by atoms with Crippen LogP contribution in [0.5, 0.6) is 11.5 Å².